The number of hydrogen-bond donors (Lipinski definition) is 1. The summed E-state index contributed by atoms with van der Waals surface area (Å²) in [6.45, 7) is 7.26. The number of rotatable bonds is 5. The largest absolute Gasteiger partial charge is 0.435 e. The zero-order valence-corrected chi connectivity index (χ0v) is 13.0. The van der Waals surface area contributed by atoms with Crippen LogP contribution >= 0.6 is 11.3 Å². The summed E-state index contributed by atoms with van der Waals surface area (Å²) < 4.78 is 38.9. The average molecular weight is 317 g/mol. The van der Waals surface area contributed by atoms with Gasteiger partial charge in [0.05, 0.1) is 6.54 Å². The Kier molecular flexibility index (Phi) is 4.73. The fourth-order valence-corrected chi connectivity index (χ4v) is 2.92. The first-order valence-corrected chi connectivity index (χ1v) is 7.49. The molecule has 1 N–H and O–H groups in total. The van der Waals surface area contributed by atoms with Crippen LogP contribution in [0.4, 0.5) is 13.2 Å². The third kappa shape index (κ3) is 4.31. The number of halogens is 3. The second-order valence-corrected chi connectivity index (χ2v) is 6.57. The highest BCUT2D eigenvalue weighted by Gasteiger charge is 2.33. The fourth-order valence-electron chi connectivity index (χ4n) is 1.91. The molecule has 0 unspecified atom stereocenters. The van der Waals surface area contributed by atoms with Crippen molar-refractivity contribution in [3.05, 3.63) is 39.3 Å². The van der Waals surface area contributed by atoms with Gasteiger partial charge in [0.1, 0.15) is 0 Å². The van der Waals surface area contributed by atoms with E-state index >= 15 is 0 Å². The molecule has 0 bridgehead atoms. The number of hydrogen-bond acceptors (Lipinski definition) is 3. The summed E-state index contributed by atoms with van der Waals surface area (Å²) in [5, 5.41) is 6.91. The number of alkyl halides is 3. The second kappa shape index (κ2) is 6.19. The third-order valence-corrected chi connectivity index (χ3v) is 4.11. The molecule has 0 radical (unpaired) electrons. The van der Waals surface area contributed by atoms with E-state index in [1.807, 2.05) is 13.0 Å². The molecule has 3 nitrogen and oxygen atoms in total. The van der Waals surface area contributed by atoms with Crippen molar-refractivity contribution in [3.63, 3.8) is 0 Å². The lowest BCUT2D eigenvalue weighted by molar-refractivity contribution is -0.141. The van der Waals surface area contributed by atoms with E-state index in [1.54, 1.807) is 11.3 Å². The standard InChI is InChI=1S/C14H18F3N3S/c1-9(2)18-7-12-6-11(10(3)21-12)8-20-5-4-13(19-20)14(15,16)17/h4-6,9,18H,7-8H2,1-3H3. The van der Waals surface area contributed by atoms with Gasteiger partial charge >= 0.3 is 6.18 Å². The molecule has 0 aliphatic rings. The van der Waals surface area contributed by atoms with Crippen LogP contribution in [0.25, 0.3) is 0 Å². The van der Waals surface area contributed by atoms with E-state index < -0.39 is 11.9 Å². The van der Waals surface area contributed by atoms with Crippen molar-refractivity contribution in [3.8, 4) is 0 Å². The summed E-state index contributed by atoms with van der Waals surface area (Å²) in [4.78, 5) is 2.29. The second-order valence-electron chi connectivity index (χ2n) is 5.23. The van der Waals surface area contributed by atoms with Crippen molar-refractivity contribution in [2.24, 2.45) is 0 Å². The number of nitrogens with one attached hydrogen (secondary N) is 1. The van der Waals surface area contributed by atoms with Crippen LogP contribution in [-0.2, 0) is 19.3 Å². The Bertz CT molecular complexity index is 599. The first-order chi connectivity index (χ1) is 9.75. The number of aryl methyl sites for hydroxylation is 1. The smallest absolute Gasteiger partial charge is 0.310 e. The highest BCUT2D eigenvalue weighted by molar-refractivity contribution is 7.12. The SMILES string of the molecule is Cc1sc(CNC(C)C)cc1Cn1ccc(C(F)(F)F)n1. The molecule has 0 spiro atoms. The van der Waals surface area contributed by atoms with Crippen LogP contribution in [0.15, 0.2) is 18.3 Å². The quantitative estimate of drug-likeness (QED) is 0.908. The minimum atomic E-state index is -4.39. The minimum Gasteiger partial charge on any atom is -0.310 e. The Labute approximate surface area is 125 Å². The molecule has 116 valence electrons. The highest BCUT2D eigenvalue weighted by atomic mass is 32.1. The summed E-state index contributed by atoms with van der Waals surface area (Å²) in [7, 11) is 0. The van der Waals surface area contributed by atoms with Crippen LogP contribution in [0.5, 0.6) is 0 Å². The maximum atomic E-state index is 12.5. The van der Waals surface area contributed by atoms with E-state index in [1.165, 1.54) is 15.8 Å². The Morgan fingerprint density at radius 1 is 1.38 bits per heavy atom. The Hall–Kier alpha value is -1.34. The molecule has 0 aromatic carbocycles. The predicted octanol–water partition coefficient (Wildman–Crippen LogP) is 3.82. The lowest BCUT2D eigenvalue weighted by Gasteiger charge is -2.05. The molecule has 2 rings (SSSR count). The molecular weight excluding hydrogens is 299 g/mol. The van der Waals surface area contributed by atoms with E-state index in [0.29, 0.717) is 12.6 Å². The van der Waals surface area contributed by atoms with Crippen LogP contribution in [0.2, 0.25) is 0 Å². The van der Waals surface area contributed by atoms with Gasteiger partial charge < -0.3 is 5.32 Å². The average Bonchev–Trinajstić information content (AvgIpc) is 2.95. The number of aromatic nitrogens is 2. The van der Waals surface area contributed by atoms with E-state index in [4.69, 9.17) is 0 Å². The van der Waals surface area contributed by atoms with E-state index in [-0.39, 0.29) is 0 Å². The van der Waals surface area contributed by atoms with Gasteiger partial charge in [0.25, 0.3) is 0 Å². The molecule has 0 aliphatic heterocycles. The van der Waals surface area contributed by atoms with Crippen molar-refractivity contribution in [2.45, 2.75) is 46.1 Å². The van der Waals surface area contributed by atoms with Gasteiger partial charge in [0.2, 0.25) is 0 Å². The summed E-state index contributed by atoms with van der Waals surface area (Å²) in [6.07, 6.45) is -3.02. The Morgan fingerprint density at radius 2 is 2.10 bits per heavy atom. The zero-order chi connectivity index (χ0) is 15.6. The molecule has 2 aromatic rings. The third-order valence-electron chi connectivity index (χ3n) is 3.02. The van der Waals surface area contributed by atoms with Crippen LogP contribution < -0.4 is 5.32 Å². The molecule has 0 atom stereocenters. The maximum Gasteiger partial charge on any atom is 0.435 e. The van der Waals surface area contributed by atoms with Crippen molar-refractivity contribution in [2.75, 3.05) is 0 Å². The molecule has 2 heterocycles. The predicted molar refractivity (Wildman–Crippen MR) is 77.4 cm³/mol. The lowest BCUT2D eigenvalue weighted by Crippen LogP contribution is -2.21. The van der Waals surface area contributed by atoms with Crippen molar-refractivity contribution in [1.29, 1.82) is 0 Å². The van der Waals surface area contributed by atoms with Gasteiger partial charge in [0.15, 0.2) is 5.69 Å². The van der Waals surface area contributed by atoms with Crippen LogP contribution in [0, 0.1) is 6.92 Å². The molecule has 0 fully saturated rings. The maximum absolute atomic E-state index is 12.5. The molecule has 21 heavy (non-hydrogen) atoms. The van der Waals surface area contributed by atoms with Gasteiger partial charge in [-0.15, -0.1) is 11.3 Å². The summed E-state index contributed by atoms with van der Waals surface area (Å²) >= 11 is 1.66. The Balaban J connectivity index is 2.07. The monoisotopic (exact) mass is 317 g/mol. The van der Waals surface area contributed by atoms with Crippen molar-refractivity contribution < 1.29 is 13.2 Å². The van der Waals surface area contributed by atoms with Gasteiger partial charge in [-0.25, -0.2) is 0 Å². The van der Waals surface area contributed by atoms with Crippen LogP contribution in [-0.4, -0.2) is 15.8 Å². The van der Waals surface area contributed by atoms with Crippen LogP contribution in [0.1, 0.15) is 34.9 Å². The van der Waals surface area contributed by atoms with Gasteiger partial charge in [0, 0.05) is 28.5 Å². The number of thiophene rings is 1. The highest BCUT2D eigenvalue weighted by Crippen LogP contribution is 2.28. The van der Waals surface area contributed by atoms with Crippen molar-refractivity contribution in [1.82, 2.24) is 15.1 Å². The van der Waals surface area contributed by atoms with E-state index in [2.05, 4.69) is 24.3 Å². The first-order valence-electron chi connectivity index (χ1n) is 6.68. The normalized spacial score (nSPS) is 12.3. The molecule has 0 aliphatic carbocycles. The van der Waals surface area contributed by atoms with Crippen molar-refractivity contribution >= 4 is 11.3 Å². The molecule has 2 aromatic heterocycles. The summed E-state index contributed by atoms with van der Waals surface area (Å²) in [6, 6.07) is 3.43. The Morgan fingerprint density at radius 3 is 2.67 bits per heavy atom. The molecule has 7 heteroatoms. The molecule has 0 amide bonds. The molecule has 0 saturated heterocycles. The summed E-state index contributed by atoms with van der Waals surface area (Å²) in [5.74, 6) is 0. The first kappa shape index (κ1) is 16.0. The van der Waals surface area contributed by atoms with Gasteiger partial charge in [-0.3, -0.25) is 4.68 Å². The van der Waals surface area contributed by atoms with Crippen LogP contribution in [0.3, 0.4) is 0 Å². The van der Waals surface area contributed by atoms with Gasteiger partial charge in [-0.1, -0.05) is 13.8 Å². The number of nitrogens with zero attached hydrogens (tertiary/aromatic N) is 2. The molecule has 0 saturated carbocycles. The summed E-state index contributed by atoms with van der Waals surface area (Å²) in [5.41, 5.74) is 0.162. The van der Waals surface area contributed by atoms with E-state index in [0.717, 1.165) is 23.1 Å². The van der Waals surface area contributed by atoms with E-state index in [9.17, 15) is 13.2 Å². The topological polar surface area (TPSA) is 29.9 Å². The lowest BCUT2D eigenvalue weighted by atomic mass is 10.2. The van der Waals surface area contributed by atoms with Gasteiger partial charge in [-0.2, -0.15) is 18.3 Å². The van der Waals surface area contributed by atoms with Gasteiger partial charge in [-0.05, 0) is 24.6 Å². The fraction of sp³-hybridized carbons (Fsp3) is 0.500. The molecular formula is C14H18F3N3S. The minimum absolute atomic E-state index is 0.361. The zero-order valence-electron chi connectivity index (χ0n) is 12.2.